The summed E-state index contributed by atoms with van der Waals surface area (Å²) in [6.45, 7) is 1.94. The van der Waals surface area contributed by atoms with E-state index >= 15 is 0 Å². The van der Waals surface area contributed by atoms with Crippen LogP contribution in [0.5, 0.6) is 0 Å². The van der Waals surface area contributed by atoms with Gasteiger partial charge in [-0.15, -0.1) is 0 Å². The summed E-state index contributed by atoms with van der Waals surface area (Å²) in [5.41, 5.74) is 0.689. The lowest BCUT2D eigenvalue weighted by molar-refractivity contribution is -0.133. The van der Waals surface area contributed by atoms with Crippen LogP contribution in [0.2, 0.25) is 0 Å². The summed E-state index contributed by atoms with van der Waals surface area (Å²) in [6, 6.07) is 9.12. The molecule has 1 fully saturated rings. The number of thiocarbonyl (C=S) groups is 1. The molecular weight excluding hydrogens is 248 g/mol. The van der Waals surface area contributed by atoms with E-state index in [-0.39, 0.29) is 16.9 Å². The molecule has 0 bridgehead atoms. The van der Waals surface area contributed by atoms with Crippen LogP contribution >= 0.6 is 12.2 Å². The molecule has 0 spiro atoms. The van der Waals surface area contributed by atoms with Gasteiger partial charge in [0.2, 0.25) is 11.8 Å². The number of para-hydroxylation sites is 1. The van der Waals surface area contributed by atoms with Crippen LogP contribution in [0, 0.1) is 5.92 Å². The number of nitrogens with zero attached hydrogens (tertiary/aromatic N) is 1. The minimum absolute atomic E-state index is 0.156. The maximum absolute atomic E-state index is 12.3. The first kappa shape index (κ1) is 12.7. The quantitative estimate of drug-likeness (QED) is 0.668. The van der Waals surface area contributed by atoms with Crippen molar-refractivity contribution in [1.82, 2.24) is 5.32 Å². The zero-order valence-electron chi connectivity index (χ0n) is 10.1. The number of amides is 2. The van der Waals surface area contributed by atoms with Gasteiger partial charge in [-0.2, -0.15) is 0 Å². The zero-order chi connectivity index (χ0) is 13.1. The predicted molar refractivity (Wildman–Crippen MR) is 73.1 cm³/mol. The second-order valence-corrected chi connectivity index (χ2v) is 4.53. The Bertz CT molecular complexity index is 487. The summed E-state index contributed by atoms with van der Waals surface area (Å²) >= 11 is 5.07. The highest BCUT2D eigenvalue weighted by Gasteiger charge is 2.38. The Morgan fingerprint density at radius 3 is 2.56 bits per heavy atom. The second-order valence-electron chi connectivity index (χ2n) is 4.14. The Morgan fingerprint density at radius 2 is 1.94 bits per heavy atom. The van der Waals surface area contributed by atoms with Crippen molar-refractivity contribution in [2.24, 2.45) is 5.92 Å². The van der Waals surface area contributed by atoms with Crippen LogP contribution in [0.25, 0.3) is 0 Å². The lowest BCUT2D eigenvalue weighted by Gasteiger charge is -2.32. The maximum atomic E-state index is 12.3. The molecule has 5 heteroatoms. The molecule has 1 atom stereocenters. The molecule has 0 radical (unpaired) electrons. The van der Waals surface area contributed by atoms with Gasteiger partial charge in [0, 0.05) is 0 Å². The van der Waals surface area contributed by atoms with E-state index in [1.165, 1.54) is 4.90 Å². The van der Waals surface area contributed by atoms with Gasteiger partial charge in [0.05, 0.1) is 5.69 Å². The molecule has 0 aliphatic carbocycles. The molecule has 0 saturated carbocycles. The standard InChI is InChI=1S/C13H14N2O2S/c1-2-6-10-11(16)14-13(18)15(12(10)17)9-7-4-3-5-8-9/h3-5,7-8,10H,2,6H2,1H3,(H,14,16,18)/t10-/m0/s1. The molecule has 2 amide bonds. The summed E-state index contributed by atoms with van der Waals surface area (Å²) in [5, 5.41) is 2.75. The number of anilines is 1. The third kappa shape index (κ3) is 2.26. The first-order chi connectivity index (χ1) is 8.65. The van der Waals surface area contributed by atoms with Crippen LogP contribution in [-0.2, 0) is 9.59 Å². The van der Waals surface area contributed by atoms with E-state index in [0.29, 0.717) is 12.1 Å². The fourth-order valence-electron chi connectivity index (χ4n) is 1.98. The SMILES string of the molecule is CCC[C@H]1C(=O)NC(=S)N(c2ccccc2)C1=O. The van der Waals surface area contributed by atoms with Crippen molar-refractivity contribution in [3.8, 4) is 0 Å². The van der Waals surface area contributed by atoms with Crippen LogP contribution in [0.15, 0.2) is 30.3 Å². The molecule has 94 valence electrons. The lowest BCUT2D eigenvalue weighted by Crippen LogP contribution is -2.58. The third-order valence-corrected chi connectivity index (χ3v) is 3.14. The van der Waals surface area contributed by atoms with E-state index < -0.39 is 5.92 Å². The monoisotopic (exact) mass is 262 g/mol. The van der Waals surface area contributed by atoms with E-state index in [0.717, 1.165) is 6.42 Å². The van der Waals surface area contributed by atoms with Crippen molar-refractivity contribution in [3.05, 3.63) is 30.3 Å². The molecule has 1 aliphatic heterocycles. The van der Waals surface area contributed by atoms with Gasteiger partial charge >= 0.3 is 0 Å². The highest BCUT2D eigenvalue weighted by Crippen LogP contribution is 2.22. The number of carbonyl (C=O) groups is 2. The minimum atomic E-state index is -0.637. The number of hydrogen-bond donors (Lipinski definition) is 1. The van der Waals surface area contributed by atoms with Gasteiger partial charge in [0.1, 0.15) is 5.92 Å². The molecule has 1 aromatic rings. The smallest absolute Gasteiger partial charge is 0.245 e. The summed E-state index contributed by atoms with van der Waals surface area (Å²) in [4.78, 5) is 25.4. The molecule has 2 rings (SSSR count). The van der Waals surface area contributed by atoms with Crippen molar-refractivity contribution in [2.75, 3.05) is 4.90 Å². The Morgan fingerprint density at radius 1 is 1.28 bits per heavy atom. The maximum Gasteiger partial charge on any atom is 0.245 e. The average Bonchev–Trinajstić information content (AvgIpc) is 2.35. The molecule has 4 nitrogen and oxygen atoms in total. The Balaban J connectivity index is 2.32. The normalized spacial score (nSPS) is 19.9. The molecule has 18 heavy (non-hydrogen) atoms. The fourth-order valence-corrected chi connectivity index (χ4v) is 2.28. The number of nitrogens with one attached hydrogen (secondary N) is 1. The van der Waals surface area contributed by atoms with Gasteiger partial charge < -0.3 is 5.32 Å². The summed E-state index contributed by atoms with van der Waals surface area (Å²) in [6.07, 6.45) is 1.32. The molecule has 0 unspecified atom stereocenters. The van der Waals surface area contributed by atoms with Crippen LogP contribution in [0.1, 0.15) is 19.8 Å². The van der Waals surface area contributed by atoms with Crippen LogP contribution in [0.4, 0.5) is 5.69 Å². The van der Waals surface area contributed by atoms with Gasteiger partial charge in [0.15, 0.2) is 5.11 Å². The second kappa shape index (κ2) is 5.27. The number of carbonyl (C=O) groups excluding carboxylic acids is 2. The van der Waals surface area contributed by atoms with Gasteiger partial charge in [-0.05, 0) is 30.8 Å². The molecule has 1 aromatic carbocycles. The highest BCUT2D eigenvalue weighted by atomic mass is 32.1. The van der Waals surface area contributed by atoms with Crippen molar-refractivity contribution in [3.63, 3.8) is 0 Å². The molecule has 1 aliphatic rings. The van der Waals surface area contributed by atoms with E-state index in [1.807, 2.05) is 25.1 Å². The largest absolute Gasteiger partial charge is 0.302 e. The number of hydrogen-bond acceptors (Lipinski definition) is 3. The van der Waals surface area contributed by atoms with E-state index in [4.69, 9.17) is 12.2 Å². The van der Waals surface area contributed by atoms with Gasteiger partial charge in [-0.3, -0.25) is 14.5 Å². The third-order valence-electron chi connectivity index (χ3n) is 2.86. The van der Waals surface area contributed by atoms with Gasteiger partial charge in [-0.1, -0.05) is 31.5 Å². The van der Waals surface area contributed by atoms with E-state index in [1.54, 1.807) is 12.1 Å². The topological polar surface area (TPSA) is 49.4 Å². The van der Waals surface area contributed by atoms with Crippen molar-refractivity contribution >= 4 is 34.8 Å². The Kier molecular flexibility index (Phi) is 3.72. The van der Waals surface area contributed by atoms with Crippen LogP contribution < -0.4 is 10.2 Å². The van der Waals surface area contributed by atoms with Crippen molar-refractivity contribution in [1.29, 1.82) is 0 Å². The molecular formula is C13H14N2O2S. The first-order valence-electron chi connectivity index (χ1n) is 5.89. The van der Waals surface area contributed by atoms with E-state index in [2.05, 4.69) is 5.32 Å². The van der Waals surface area contributed by atoms with E-state index in [9.17, 15) is 9.59 Å². The average molecular weight is 262 g/mol. The molecule has 1 saturated heterocycles. The summed E-state index contributed by atoms with van der Waals surface area (Å²) < 4.78 is 0. The first-order valence-corrected chi connectivity index (χ1v) is 6.29. The Labute approximate surface area is 111 Å². The fraction of sp³-hybridized carbons (Fsp3) is 0.308. The zero-order valence-corrected chi connectivity index (χ0v) is 10.9. The summed E-state index contributed by atoms with van der Waals surface area (Å²) in [5.74, 6) is -1.17. The van der Waals surface area contributed by atoms with Gasteiger partial charge in [0.25, 0.3) is 0 Å². The van der Waals surface area contributed by atoms with Gasteiger partial charge in [-0.25, -0.2) is 0 Å². The van der Waals surface area contributed by atoms with Crippen molar-refractivity contribution < 1.29 is 9.59 Å². The molecule has 1 N–H and O–H groups in total. The molecule has 1 heterocycles. The van der Waals surface area contributed by atoms with Crippen molar-refractivity contribution in [2.45, 2.75) is 19.8 Å². The lowest BCUT2D eigenvalue weighted by atomic mass is 9.99. The summed E-state index contributed by atoms with van der Waals surface area (Å²) in [7, 11) is 0. The number of rotatable bonds is 3. The molecule has 0 aromatic heterocycles. The predicted octanol–water partition coefficient (Wildman–Crippen LogP) is 1.85. The highest BCUT2D eigenvalue weighted by molar-refractivity contribution is 7.80. The Hall–Kier alpha value is -1.75. The number of benzene rings is 1. The van der Waals surface area contributed by atoms with Crippen LogP contribution in [-0.4, -0.2) is 16.9 Å². The van der Waals surface area contributed by atoms with Crippen LogP contribution in [0.3, 0.4) is 0 Å². The minimum Gasteiger partial charge on any atom is -0.302 e.